The molecule has 0 amide bonds. The van der Waals surface area contributed by atoms with Gasteiger partial charge in [-0.3, -0.25) is 4.52 Å². The lowest BCUT2D eigenvalue weighted by molar-refractivity contribution is -0.296. The van der Waals surface area contributed by atoms with Gasteiger partial charge in [-0.25, -0.2) is 0 Å². The maximum absolute atomic E-state index is 10.2. The van der Waals surface area contributed by atoms with Gasteiger partial charge in [0.25, 0.3) is 0 Å². The molecule has 72 valence electrons. The third-order valence-corrected chi connectivity index (χ3v) is 1.93. The van der Waals surface area contributed by atoms with Crippen molar-refractivity contribution in [3.8, 4) is 0 Å². The fourth-order valence-corrected chi connectivity index (χ4v) is 1.37. The molecule has 3 atom stereocenters. The first-order valence-electron chi connectivity index (χ1n) is 3.07. The molecule has 8 heteroatoms. The Morgan fingerprint density at radius 2 is 2.08 bits per heavy atom. The number of hydrogen-bond donors (Lipinski definition) is 3. The largest absolute Gasteiger partial charge is 0.700 e. The highest BCUT2D eigenvalue weighted by Crippen LogP contribution is 2.34. The molecule has 3 unspecified atom stereocenters. The summed E-state index contributed by atoms with van der Waals surface area (Å²) in [6.45, 7) is 3.03. The van der Waals surface area contributed by atoms with E-state index in [1.807, 2.05) is 0 Å². The van der Waals surface area contributed by atoms with E-state index in [1.165, 1.54) is 13.8 Å². The molecule has 0 aromatic carbocycles. The maximum Gasteiger partial charge on any atom is 0.700 e. The van der Waals surface area contributed by atoms with Crippen LogP contribution in [0.4, 0.5) is 0 Å². The van der Waals surface area contributed by atoms with Crippen LogP contribution in [0.25, 0.3) is 0 Å². The van der Waals surface area contributed by atoms with Crippen molar-refractivity contribution in [3.05, 3.63) is 0 Å². The van der Waals surface area contributed by atoms with E-state index in [2.05, 4.69) is 9.05 Å². The van der Waals surface area contributed by atoms with E-state index in [4.69, 9.17) is 9.79 Å². The molecule has 0 radical (unpaired) electrons. The fourth-order valence-electron chi connectivity index (χ4n) is 0.419. The Bertz CT molecular complexity index is 162. The van der Waals surface area contributed by atoms with Gasteiger partial charge in [0.1, 0.15) is 0 Å². The van der Waals surface area contributed by atoms with Crippen LogP contribution in [0, 0.1) is 5.92 Å². The van der Waals surface area contributed by atoms with Crippen molar-refractivity contribution in [2.45, 2.75) is 19.8 Å². The van der Waals surface area contributed by atoms with E-state index >= 15 is 0 Å². The van der Waals surface area contributed by atoms with Crippen LogP contribution < -0.4 is 0 Å². The smallest absolute Gasteiger partial charge is 0.352 e. The first-order valence-corrected chi connectivity index (χ1v) is 5.05. The van der Waals surface area contributed by atoms with Crippen molar-refractivity contribution >= 4 is 17.3 Å². The molecule has 0 rings (SSSR count). The monoisotopic (exact) mass is 217 g/mol. The van der Waals surface area contributed by atoms with Crippen LogP contribution in [0.2, 0.25) is 0 Å². The Hall–Kier alpha value is 0.330. The van der Waals surface area contributed by atoms with Gasteiger partial charge in [0.15, 0.2) is 9.03 Å². The summed E-state index contributed by atoms with van der Waals surface area (Å²) in [6.07, 6.45) is 0. The molecule has 0 aliphatic heterocycles. The van der Waals surface area contributed by atoms with Gasteiger partial charge < -0.3 is 10.00 Å². The van der Waals surface area contributed by atoms with E-state index in [0.717, 1.165) is 0 Å². The zero-order valence-corrected chi connectivity index (χ0v) is 8.49. The first kappa shape index (κ1) is 12.3. The van der Waals surface area contributed by atoms with E-state index in [0.29, 0.717) is 0 Å². The Balaban J connectivity index is 4.28. The van der Waals surface area contributed by atoms with Gasteiger partial charge >= 0.3 is 14.2 Å². The van der Waals surface area contributed by atoms with Crippen molar-refractivity contribution in [2.75, 3.05) is 0 Å². The van der Waals surface area contributed by atoms with Crippen molar-refractivity contribution in [3.63, 3.8) is 0 Å². The molecule has 0 bridgehead atoms. The third kappa shape index (κ3) is 3.83. The van der Waals surface area contributed by atoms with E-state index in [1.54, 1.807) is 0 Å². The molecule has 0 saturated carbocycles. The van der Waals surface area contributed by atoms with Gasteiger partial charge in [-0.1, -0.05) is 18.4 Å². The average molecular weight is 217 g/mol. The summed E-state index contributed by atoms with van der Waals surface area (Å²) in [6, 6.07) is 0. The lowest BCUT2D eigenvalue weighted by Gasteiger charge is -2.22. The Morgan fingerprint density at radius 3 is 2.33 bits per heavy atom. The summed E-state index contributed by atoms with van der Waals surface area (Å²) < 4.78 is 18.8. The highest BCUT2D eigenvalue weighted by atomic mass is 31.1. The minimum atomic E-state index is -2.96. The summed E-state index contributed by atoms with van der Waals surface area (Å²) in [5, 5.41) is 9.32. The molecule has 0 aromatic rings. The lowest BCUT2D eigenvalue weighted by atomic mass is 10.2. The molecule has 12 heavy (non-hydrogen) atoms. The second-order valence-electron chi connectivity index (χ2n) is 2.31. The molecule has 0 saturated heterocycles. The van der Waals surface area contributed by atoms with Crippen LogP contribution in [-0.2, 0) is 13.6 Å². The molecule has 3 N–H and O–H groups in total. The minimum absolute atomic E-state index is 0.566. The molecule has 0 aromatic heterocycles. The zero-order chi connectivity index (χ0) is 9.78. The molecular weight excluding hydrogens is 206 g/mol. The SMILES string of the molecule is CC(C)C(O)(OPO)O[P+](=O)O. The van der Waals surface area contributed by atoms with Crippen LogP contribution in [0.1, 0.15) is 13.8 Å². The second kappa shape index (κ2) is 5.14. The summed E-state index contributed by atoms with van der Waals surface area (Å²) in [5.41, 5.74) is 0. The van der Waals surface area contributed by atoms with Crippen LogP contribution in [-0.4, -0.2) is 20.9 Å². The molecule has 0 fully saturated rings. The summed E-state index contributed by atoms with van der Waals surface area (Å²) >= 11 is 0. The highest BCUT2D eigenvalue weighted by molar-refractivity contribution is 7.32. The standard InChI is InChI=1S/C4H10O6P2/c1-3(2)4(5,9-11-6)10-12(7)8/h3,5-6,11H,1-2H3/p+1. The van der Waals surface area contributed by atoms with E-state index in [-0.39, 0.29) is 0 Å². The van der Waals surface area contributed by atoms with Crippen molar-refractivity contribution in [1.29, 1.82) is 0 Å². The minimum Gasteiger partial charge on any atom is -0.352 e. The molecule has 0 spiro atoms. The molecule has 0 aliphatic rings. The Morgan fingerprint density at radius 1 is 1.58 bits per heavy atom. The topological polar surface area (TPSA) is 96.2 Å². The van der Waals surface area contributed by atoms with Gasteiger partial charge in [0.2, 0.25) is 0 Å². The number of hydrogen-bond acceptors (Lipinski definition) is 5. The van der Waals surface area contributed by atoms with Crippen molar-refractivity contribution < 1.29 is 28.5 Å². The number of aliphatic hydroxyl groups is 1. The van der Waals surface area contributed by atoms with E-state index < -0.39 is 29.2 Å². The number of rotatable bonds is 5. The zero-order valence-electron chi connectivity index (χ0n) is 6.59. The lowest BCUT2D eigenvalue weighted by Crippen LogP contribution is -2.37. The van der Waals surface area contributed by atoms with Gasteiger partial charge in [-0.2, -0.15) is 0 Å². The highest BCUT2D eigenvalue weighted by Gasteiger charge is 2.43. The summed E-state index contributed by atoms with van der Waals surface area (Å²) in [7, 11) is -3.98. The van der Waals surface area contributed by atoms with Gasteiger partial charge in [0.05, 0.1) is 0 Å². The maximum atomic E-state index is 10.2. The fraction of sp³-hybridized carbons (Fsp3) is 1.00. The van der Waals surface area contributed by atoms with Gasteiger partial charge in [0, 0.05) is 10.5 Å². The predicted molar refractivity (Wildman–Crippen MR) is 42.3 cm³/mol. The van der Waals surface area contributed by atoms with Crippen LogP contribution in [0.15, 0.2) is 0 Å². The van der Waals surface area contributed by atoms with Gasteiger partial charge in [-0.05, 0) is 0 Å². The van der Waals surface area contributed by atoms with Crippen molar-refractivity contribution in [2.24, 2.45) is 5.92 Å². The van der Waals surface area contributed by atoms with Crippen LogP contribution in [0.5, 0.6) is 0 Å². The average Bonchev–Trinajstić information content (AvgIpc) is 1.85. The summed E-state index contributed by atoms with van der Waals surface area (Å²) in [5.74, 6) is -2.77. The molecular formula is C4H11O6P2+. The second-order valence-corrected chi connectivity index (χ2v) is 3.35. The molecule has 0 aliphatic carbocycles. The van der Waals surface area contributed by atoms with Crippen molar-refractivity contribution in [1.82, 2.24) is 0 Å². The summed E-state index contributed by atoms with van der Waals surface area (Å²) in [4.78, 5) is 16.7. The quantitative estimate of drug-likeness (QED) is 0.457. The van der Waals surface area contributed by atoms with E-state index in [9.17, 15) is 9.67 Å². The Labute approximate surface area is 72.4 Å². The predicted octanol–water partition coefficient (Wildman–Crippen LogP) is 0.472. The third-order valence-electron chi connectivity index (χ3n) is 1.13. The van der Waals surface area contributed by atoms with Crippen LogP contribution >= 0.6 is 17.3 Å². The molecule has 0 heterocycles. The first-order chi connectivity index (χ1) is 5.42. The normalized spacial score (nSPS) is 18.7. The van der Waals surface area contributed by atoms with Gasteiger partial charge in [-0.15, -0.1) is 4.89 Å². The Kier molecular flexibility index (Phi) is 5.29. The molecule has 6 nitrogen and oxygen atoms in total. The van der Waals surface area contributed by atoms with Crippen LogP contribution in [0.3, 0.4) is 0 Å².